The van der Waals surface area contributed by atoms with E-state index in [1.54, 1.807) is 6.07 Å². The Bertz CT molecular complexity index is 1260. The maximum absolute atomic E-state index is 12.8. The van der Waals surface area contributed by atoms with Crippen molar-refractivity contribution >= 4 is 28.9 Å². The number of aromatic nitrogens is 2. The summed E-state index contributed by atoms with van der Waals surface area (Å²) in [5.41, 5.74) is 12.0. The Balaban J connectivity index is 1.86. The molecular weight excluding hydrogens is 487 g/mol. The number of nitrogens with two attached hydrogens (primary N) is 2. The summed E-state index contributed by atoms with van der Waals surface area (Å²) in [5, 5.41) is 14.7. The molecule has 1 amide bonds. The minimum atomic E-state index is -4.50. The van der Waals surface area contributed by atoms with Gasteiger partial charge in [0.1, 0.15) is 23.7 Å². The molecule has 1 aromatic heterocycles. The largest absolute Gasteiger partial charge is 0.495 e. The first-order valence-electron chi connectivity index (χ1n) is 11.4. The van der Waals surface area contributed by atoms with E-state index in [-0.39, 0.29) is 34.6 Å². The first kappa shape index (κ1) is 27.4. The summed E-state index contributed by atoms with van der Waals surface area (Å²) in [4.78, 5) is 20.9. The van der Waals surface area contributed by atoms with Gasteiger partial charge in [0.15, 0.2) is 0 Å². The summed E-state index contributed by atoms with van der Waals surface area (Å²) in [6, 6.07) is 8.55. The number of hydrogen-bond donors (Lipinski definition) is 5. The number of rotatable bonds is 10. The number of carbonyl (C=O) groups excluding carboxylic acids is 1. The number of halogens is 3. The van der Waals surface area contributed by atoms with E-state index in [2.05, 4.69) is 20.6 Å². The molecule has 3 rings (SSSR count). The lowest BCUT2D eigenvalue weighted by molar-refractivity contribution is -0.137. The Hall–Kier alpha value is -4.19. The Morgan fingerprint density at radius 3 is 2.41 bits per heavy atom. The number of nitrogens with zero attached hydrogens (tertiary/aromatic N) is 2. The third-order valence-corrected chi connectivity index (χ3v) is 5.69. The maximum Gasteiger partial charge on any atom is 0.416 e. The van der Waals surface area contributed by atoms with Gasteiger partial charge in [-0.15, -0.1) is 0 Å². The molecule has 0 spiro atoms. The van der Waals surface area contributed by atoms with Gasteiger partial charge in [-0.2, -0.15) is 13.2 Å². The Labute approximate surface area is 212 Å². The van der Waals surface area contributed by atoms with Crippen molar-refractivity contribution < 1.29 is 22.7 Å². The Morgan fingerprint density at radius 1 is 1.14 bits per heavy atom. The lowest BCUT2D eigenvalue weighted by Crippen LogP contribution is -2.25. The molecule has 1 atom stereocenters. The van der Waals surface area contributed by atoms with Crippen LogP contribution >= 0.6 is 0 Å². The molecular formula is C25H28F3N7O2. The molecule has 0 saturated heterocycles. The fourth-order valence-electron chi connectivity index (χ4n) is 3.63. The maximum atomic E-state index is 12.8. The molecule has 0 aliphatic heterocycles. The molecule has 37 heavy (non-hydrogen) atoms. The predicted molar refractivity (Wildman–Crippen MR) is 136 cm³/mol. The molecule has 1 heterocycles. The molecule has 0 saturated carbocycles. The third-order valence-electron chi connectivity index (χ3n) is 5.69. The second-order valence-electron chi connectivity index (χ2n) is 8.13. The molecule has 9 nitrogen and oxygen atoms in total. The second kappa shape index (κ2) is 11.7. The molecule has 1 unspecified atom stereocenters. The van der Waals surface area contributed by atoms with E-state index in [4.69, 9.17) is 21.6 Å². The van der Waals surface area contributed by atoms with E-state index in [1.807, 2.05) is 6.92 Å². The fraction of sp³-hybridized carbons (Fsp3) is 0.280. The smallest absolute Gasteiger partial charge is 0.416 e. The zero-order chi connectivity index (χ0) is 27.2. The summed E-state index contributed by atoms with van der Waals surface area (Å²) in [5.74, 6) is 0.134. The molecule has 2 aromatic carbocycles. The first-order valence-corrected chi connectivity index (χ1v) is 11.4. The number of amides is 1. The molecule has 0 aliphatic rings. The van der Waals surface area contributed by atoms with Crippen molar-refractivity contribution in [3.05, 3.63) is 71.0 Å². The van der Waals surface area contributed by atoms with Gasteiger partial charge in [0.05, 0.1) is 29.6 Å². The SMILES string of the molecule is CCC(CCN)Nc1ncnc(N)c1C(=N)c1ccc(NC(=O)c2ccc(C(F)(F)F)cc2)c(OC)c1. The summed E-state index contributed by atoms with van der Waals surface area (Å²) in [7, 11) is 1.39. The van der Waals surface area contributed by atoms with Gasteiger partial charge < -0.3 is 26.8 Å². The van der Waals surface area contributed by atoms with E-state index in [1.165, 1.54) is 25.6 Å². The van der Waals surface area contributed by atoms with Gasteiger partial charge in [0.2, 0.25) is 0 Å². The number of hydrogen-bond acceptors (Lipinski definition) is 8. The summed E-state index contributed by atoms with van der Waals surface area (Å²) in [6.07, 6.45) is -1.70. The van der Waals surface area contributed by atoms with Crippen molar-refractivity contribution in [2.24, 2.45) is 5.73 Å². The van der Waals surface area contributed by atoms with E-state index < -0.39 is 17.6 Å². The van der Waals surface area contributed by atoms with Crippen LogP contribution in [0.25, 0.3) is 0 Å². The van der Waals surface area contributed by atoms with Crippen molar-refractivity contribution in [2.75, 3.05) is 30.0 Å². The van der Waals surface area contributed by atoms with Gasteiger partial charge in [-0.25, -0.2) is 9.97 Å². The number of nitrogens with one attached hydrogen (secondary N) is 3. The lowest BCUT2D eigenvalue weighted by Gasteiger charge is -2.20. The predicted octanol–water partition coefficient (Wildman–Crippen LogP) is 4.29. The van der Waals surface area contributed by atoms with Crippen LogP contribution in [0.15, 0.2) is 48.8 Å². The van der Waals surface area contributed by atoms with E-state index in [9.17, 15) is 18.0 Å². The van der Waals surface area contributed by atoms with E-state index >= 15 is 0 Å². The van der Waals surface area contributed by atoms with Crippen LogP contribution in [-0.4, -0.2) is 41.3 Å². The minimum absolute atomic E-state index is 0.0297. The van der Waals surface area contributed by atoms with Crippen molar-refractivity contribution in [1.82, 2.24) is 9.97 Å². The van der Waals surface area contributed by atoms with Gasteiger partial charge in [0, 0.05) is 17.2 Å². The van der Waals surface area contributed by atoms with Crippen LogP contribution in [0, 0.1) is 5.41 Å². The third kappa shape index (κ3) is 6.53. The highest BCUT2D eigenvalue weighted by atomic mass is 19.4. The number of anilines is 3. The quantitative estimate of drug-likeness (QED) is 0.253. The zero-order valence-corrected chi connectivity index (χ0v) is 20.3. The van der Waals surface area contributed by atoms with Crippen molar-refractivity contribution in [3.63, 3.8) is 0 Å². The van der Waals surface area contributed by atoms with Gasteiger partial charge in [-0.05, 0) is 55.8 Å². The van der Waals surface area contributed by atoms with Crippen molar-refractivity contribution in [2.45, 2.75) is 32.0 Å². The average Bonchev–Trinajstić information content (AvgIpc) is 2.88. The standard InChI is InChI=1S/C25H28F3N7O2/c1-3-17(10-11-29)34-23-20(22(31)32-13-33-23)21(30)15-6-9-18(19(12-15)37-2)35-24(36)14-4-7-16(8-5-14)25(26,27)28/h4-9,12-13,17,30H,3,10-11,29H2,1-2H3,(H,35,36)(H3,31,32,33,34). The van der Waals surface area contributed by atoms with Gasteiger partial charge >= 0.3 is 6.18 Å². The van der Waals surface area contributed by atoms with Crippen LogP contribution in [0.1, 0.15) is 46.8 Å². The van der Waals surface area contributed by atoms with Crippen LogP contribution < -0.4 is 26.8 Å². The van der Waals surface area contributed by atoms with Crippen LogP contribution in [0.3, 0.4) is 0 Å². The molecule has 0 radical (unpaired) electrons. The number of ether oxygens (including phenoxy) is 1. The van der Waals surface area contributed by atoms with Crippen molar-refractivity contribution in [3.8, 4) is 5.75 Å². The molecule has 0 bridgehead atoms. The van der Waals surface area contributed by atoms with E-state index in [0.29, 0.717) is 29.9 Å². The Morgan fingerprint density at radius 2 is 1.81 bits per heavy atom. The highest BCUT2D eigenvalue weighted by molar-refractivity contribution is 6.16. The topological polar surface area (TPSA) is 152 Å². The molecule has 0 fully saturated rings. The first-order chi connectivity index (χ1) is 17.6. The molecule has 196 valence electrons. The normalized spacial score (nSPS) is 12.1. The number of benzene rings is 2. The van der Waals surface area contributed by atoms with Crippen LogP contribution in [0.5, 0.6) is 5.75 Å². The average molecular weight is 516 g/mol. The number of alkyl halides is 3. The summed E-state index contributed by atoms with van der Waals surface area (Å²) < 4.78 is 43.8. The van der Waals surface area contributed by atoms with Crippen molar-refractivity contribution in [1.29, 1.82) is 5.41 Å². The van der Waals surface area contributed by atoms with Crippen LogP contribution in [-0.2, 0) is 6.18 Å². The molecule has 3 aromatic rings. The lowest BCUT2D eigenvalue weighted by atomic mass is 10.0. The zero-order valence-electron chi connectivity index (χ0n) is 20.3. The van der Waals surface area contributed by atoms with Gasteiger partial charge in [-0.1, -0.05) is 13.0 Å². The monoisotopic (exact) mass is 515 g/mol. The highest BCUT2D eigenvalue weighted by Gasteiger charge is 2.30. The molecule has 7 N–H and O–H groups in total. The fourth-order valence-corrected chi connectivity index (χ4v) is 3.63. The highest BCUT2D eigenvalue weighted by Crippen LogP contribution is 2.31. The van der Waals surface area contributed by atoms with Gasteiger partial charge in [-0.3, -0.25) is 10.2 Å². The summed E-state index contributed by atoms with van der Waals surface area (Å²) in [6.45, 7) is 2.49. The summed E-state index contributed by atoms with van der Waals surface area (Å²) >= 11 is 0. The number of nitrogen functional groups attached to an aromatic ring is 1. The molecule has 0 aliphatic carbocycles. The number of carbonyl (C=O) groups is 1. The van der Waals surface area contributed by atoms with Crippen LogP contribution in [0.4, 0.5) is 30.5 Å². The van der Waals surface area contributed by atoms with Gasteiger partial charge in [0.25, 0.3) is 5.91 Å². The van der Waals surface area contributed by atoms with Crippen LogP contribution in [0.2, 0.25) is 0 Å². The minimum Gasteiger partial charge on any atom is -0.495 e. The second-order valence-corrected chi connectivity index (χ2v) is 8.13. The number of methoxy groups -OCH3 is 1. The molecule has 12 heteroatoms. The Kier molecular flexibility index (Phi) is 8.66. The van der Waals surface area contributed by atoms with E-state index in [0.717, 1.165) is 30.7 Å².